The minimum Gasteiger partial charge on any atom is -0.379 e. The van der Waals surface area contributed by atoms with Gasteiger partial charge in [0.15, 0.2) is 0 Å². The molecule has 2 saturated heterocycles. The summed E-state index contributed by atoms with van der Waals surface area (Å²) in [6.07, 6.45) is 1.46. The van der Waals surface area contributed by atoms with Gasteiger partial charge in [0.2, 0.25) is 11.8 Å². The highest BCUT2D eigenvalue weighted by Gasteiger charge is 2.27. The summed E-state index contributed by atoms with van der Waals surface area (Å²) in [7, 11) is 4.06. The van der Waals surface area contributed by atoms with Crippen LogP contribution in [0.2, 0.25) is 0 Å². The van der Waals surface area contributed by atoms with Gasteiger partial charge in [0.1, 0.15) is 0 Å². The molecular formula is C14H25N3O3. The van der Waals surface area contributed by atoms with E-state index in [1.54, 1.807) is 4.90 Å². The van der Waals surface area contributed by atoms with Crippen molar-refractivity contribution in [2.24, 2.45) is 5.92 Å². The molecule has 0 unspecified atom stereocenters. The molecule has 0 aromatic carbocycles. The van der Waals surface area contributed by atoms with E-state index in [4.69, 9.17) is 4.74 Å². The average molecular weight is 283 g/mol. The maximum Gasteiger partial charge on any atom is 0.242 e. The Hall–Kier alpha value is -1.14. The van der Waals surface area contributed by atoms with E-state index in [9.17, 15) is 9.59 Å². The van der Waals surface area contributed by atoms with Crippen LogP contribution in [0, 0.1) is 5.92 Å². The molecule has 0 aromatic heterocycles. The SMILES string of the molecule is CN(C)C[C@@H]1COCCN(C(=O)CN2CCCC2=O)C1. The summed E-state index contributed by atoms with van der Waals surface area (Å²) >= 11 is 0. The van der Waals surface area contributed by atoms with Crippen LogP contribution in [0.3, 0.4) is 0 Å². The number of nitrogens with zero attached hydrogens (tertiary/aromatic N) is 3. The summed E-state index contributed by atoms with van der Waals surface area (Å²) in [5.74, 6) is 0.495. The second-order valence-corrected chi connectivity index (χ2v) is 5.96. The summed E-state index contributed by atoms with van der Waals surface area (Å²) in [5, 5.41) is 0. The summed E-state index contributed by atoms with van der Waals surface area (Å²) in [5.41, 5.74) is 0. The topological polar surface area (TPSA) is 53.1 Å². The molecule has 0 bridgehead atoms. The molecule has 0 N–H and O–H groups in total. The Labute approximate surface area is 120 Å². The predicted molar refractivity (Wildman–Crippen MR) is 75.3 cm³/mol. The highest BCUT2D eigenvalue weighted by Crippen LogP contribution is 2.12. The molecule has 0 radical (unpaired) electrons. The van der Waals surface area contributed by atoms with E-state index < -0.39 is 0 Å². The van der Waals surface area contributed by atoms with Crippen molar-refractivity contribution < 1.29 is 14.3 Å². The fourth-order valence-corrected chi connectivity index (χ4v) is 2.87. The van der Waals surface area contributed by atoms with Gasteiger partial charge < -0.3 is 19.4 Å². The van der Waals surface area contributed by atoms with E-state index in [0.29, 0.717) is 32.1 Å². The molecule has 0 aromatic rings. The Kier molecular flexibility index (Phi) is 5.37. The number of hydrogen-bond acceptors (Lipinski definition) is 4. The molecule has 2 rings (SSSR count). The molecule has 0 aliphatic carbocycles. The lowest BCUT2D eigenvalue weighted by Gasteiger charge is -2.27. The van der Waals surface area contributed by atoms with Crippen LogP contribution in [-0.4, -0.2) is 86.5 Å². The molecule has 20 heavy (non-hydrogen) atoms. The van der Waals surface area contributed by atoms with Crippen LogP contribution in [-0.2, 0) is 14.3 Å². The molecular weight excluding hydrogens is 258 g/mol. The van der Waals surface area contributed by atoms with Gasteiger partial charge in [-0.1, -0.05) is 0 Å². The van der Waals surface area contributed by atoms with Crippen LogP contribution in [0.1, 0.15) is 12.8 Å². The zero-order valence-electron chi connectivity index (χ0n) is 12.5. The largest absolute Gasteiger partial charge is 0.379 e. The predicted octanol–water partition coefficient (Wildman–Crippen LogP) is -0.355. The lowest BCUT2D eigenvalue weighted by Crippen LogP contribution is -2.44. The van der Waals surface area contributed by atoms with E-state index >= 15 is 0 Å². The van der Waals surface area contributed by atoms with Gasteiger partial charge in [-0.15, -0.1) is 0 Å². The van der Waals surface area contributed by atoms with Crippen molar-refractivity contribution in [2.75, 3.05) is 60.0 Å². The van der Waals surface area contributed by atoms with Crippen LogP contribution in [0.25, 0.3) is 0 Å². The lowest BCUT2D eigenvalue weighted by molar-refractivity contribution is -0.138. The van der Waals surface area contributed by atoms with E-state index in [1.165, 1.54) is 0 Å². The number of rotatable bonds is 4. The number of carbonyl (C=O) groups is 2. The molecule has 6 nitrogen and oxygen atoms in total. The zero-order chi connectivity index (χ0) is 14.5. The second kappa shape index (κ2) is 7.04. The molecule has 6 heteroatoms. The van der Waals surface area contributed by atoms with Crippen LogP contribution < -0.4 is 0 Å². The first-order chi connectivity index (χ1) is 9.56. The van der Waals surface area contributed by atoms with Gasteiger partial charge in [-0.3, -0.25) is 9.59 Å². The van der Waals surface area contributed by atoms with Crippen LogP contribution >= 0.6 is 0 Å². The van der Waals surface area contributed by atoms with Gasteiger partial charge in [0, 0.05) is 38.5 Å². The minimum atomic E-state index is 0.0505. The maximum absolute atomic E-state index is 12.3. The highest BCUT2D eigenvalue weighted by atomic mass is 16.5. The number of amides is 2. The molecule has 2 aliphatic rings. The molecule has 2 heterocycles. The fraction of sp³-hybridized carbons (Fsp3) is 0.857. The third-order valence-corrected chi connectivity index (χ3v) is 3.81. The van der Waals surface area contributed by atoms with E-state index in [2.05, 4.69) is 4.90 Å². The van der Waals surface area contributed by atoms with Gasteiger partial charge in [0.05, 0.1) is 19.8 Å². The molecule has 1 atom stereocenters. The summed E-state index contributed by atoms with van der Waals surface area (Å²) in [4.78, 5) is 29.6. The van der Waals surface area contributed by atoms with E-state index in [0.717, 1.165) is 26.1 Å². The normalized spacial score (nSPS) is 24.4. The maximum atomic E-state index is 12.3. The third-order valence-electron chi connectivity index (χ3n) is 3.81. The van der Waals surface area contributed by atoms with Crippen molar-refractivity contribution in [2.45, 2.75) is 12.8 Å². The molecule has 2 amide bonds. The first kappa shape index (κ1) is 15.3. The Morgan fingerprint density at radius 2 is 2.20 bits per heavy atom. The van der Waals surface area contributed by atoms with Crippen LogP contribution in [0.15, 0.2) is 0 Å². The van der Waals surface area contributed by atoms with Gasteiger partial charge in [0.25, 0.3) is 0 Å². The molecule has 0 spiro atoms. The van der Waals surface area contributed by atoms with Gasteiger partial charge in [-0.05, 0) is 20.5 Å². The van der Waals surface area contributed by atoms with Crippen molar-refractivity contribution >= 4 is 11.8 Å². The highest BCUT2D eigenvalue weighted by molar-refractivity contribution is 5.85. The van der Waals surface area contributed by atoms with Crippen molar-refractivity contribution in [1.82, 2.24) is 14.7 Å². The molecule has 114 valence electrons. The van der Waals surface area contributed by atoms with Crippen molar-refractivity contribution in [3.8, 4) is 0 Å². The Balaban J connectivity index is 1.88. The van der Waals surface area contributed by atoms with E-state index in [-0.39, 0.29) is 18.4 Å². The lowest BCUT2D eigenvalue weighted by atomic mass is 10.1. The number of hydrogen-bond donors (Lipinski definition) is 0. The Morgan fingerprint density at radius 3 is 2.85 bits per heavy atom. The summed E-state index contributed by atoms with van der Waals surface area (Å²) in [6.45, 7) is 4.49. The second-order valence-electron chi connectivity index (χ2n) is 5.96. The van der Waals surface area contributed by atoms with Crippen LogP contribution in [0.4, 0.5) is 0 Å². The van der Waals surface area contributed by atoms with Crippen LogP contribution in [0.5, 0.6) is 0 Å². The number of ether oxygens (including phenoxy) is 1. The Morgan fingerprint density at radius 1 is 1.40 bits per heavy atom. The summed E-state index contributed by atoms with van der Waals surface area (Å²) < 4.78 is 5.58. The fourth-order valence-electron chi connectivity index (χ4n) is 2.87. The first-order valence-corrected chi connectivity index (χ1v) is 7.34. The Bertz CT molecular complexity index is 360. The monoisotopic (exact) mass is 283 g/mol. The van der Waals surface area contributed by atoms with Crippen molar-refractivity contribution in [1.29, 1.82) is 0 Å². The zero-order valence-corrected chi connectivity index (χ0v) is 12.5. The molecule has 2 fully saturated rings. The number of carbonyl (C=O) groups excluding carboxylic acids is 2. The quantitative estimate of drug-likeness (QED) is 0.707. The molecule has 0 saturated carbocycles. The molecule has 2 aliphatic heterocycles. The van der Waals surface area contributed by atoms with Gasteiger partial charge in [-0.25, -0.2) is 0 Å². The minimum absolute atomic E-state index is 0.0505. The third kappa shape index (κ3) is 4.18. The van der Waals surface area contributed by atoms with Crippen molar-refractivity contribution in [3.63, 3.8) is 0 Å². The van der Waals surface area contributed by atoms with Gasteiger partial charge >= 0.3 is 0 Å². The number of likely N-dealkylation sites (tertiary alicyclic amines) is 1. The first-order valence-electron chi connectivity index (χ1n) is 7.34. The van der Waals surface area contributed by atoms with E-state index in [1.807, 2.05) is 19.0 Å². The average Bonchev–Trinajstić information content (AvgIpc) is 2.64. The summed E-state index contributed by atoms with van der Waals surface area (Å²) in [6, 6.07) is 0. The van der Waals surface area contributed by atoms with Crippen molar-refractivity contribution in [3.05, 3.63) is 0 Å². The standard InChI is InChI=1S/C14H25N3O3/c1-15(2)8-12-9-17(6-7-20-11-12)14(19)10-16-5-3-4-13(16)18/h12H,3-11H2,1-2H3/t12-/m0/s1. The smallest absolute Gasteiger partial charge is 0.242 e. The van der Waals surface area contributed by atoms with Gasteiger partial charge in [-0.2, -0.15) is 0 Å².